The van der Waals surface area contributed by atoms with Gasteiger partial charge in [0.15, 0.2) is 0 Å². The lowest BCUT2D eigenvalue weighted by atomic mass is 9.96. The van der Waals surface area contributed by atoms with Crippen molar-refractivity contribution in [1.29, 1.82) is 0 Å². The first kappa shape index (κ1) is 22.7. The number of benzene rings is 1. The highest BCUT2D eigenvalue weighted by atomic mass is 16.2. The molecule has 0 aromatic heterocycles. The Labute approximate surface area is 161 Å². The van der Waals surface area contributed by atoms with E-state index in [-0.39, 0.29) is 11.8 Å². The standard InChI is InChI=1S/C23H40N2O/c1-3-5-6-7-8-9-10-11-12-13-17-20-24-25-23(26)22(4-2)21-18-15-14-16-19-21/h14-16,18-19,22,24H,3-13,17,20H2,1-2H3,(H,25,26). The lowest BCUT2D eigenvalue weighted by Crippen LogP contribution is -2.40. The van der Waals surface area contributed by atoms with Crippen molar-refractivity contribution in [2.24, 2.45) is 0 Å². The lowest BCUT2D eigenvalue weighted by Gasteiger charge is -2.15. The van der Waals surface area contributed by atoms with Crippen molar-refractivity contribution in [1.82, 2.24) is 10.9 Å². The number of rotatable bonds is 16. The SMILES string of the molecule is CCCCCCCCCCCCCNNC(=O)C(CC)c1ccccc1. The van der Waals surface area contributed by atoms with E-state index in [0.29, 0.717) is 0 Å². The van der Waals surface area contributed by atoms with Crippen molar-refractivity contribution < 1.29 is 4.79 Å². The van der Waals surface area contributed by atoms with E-state index in [4.69, 9.17) is 0 Å². The van der Waals surface area contributed by atoms with Crippen molar-refractivity contribution in [2.45, 2.75) is 96.8 Å². The quantitative estimate of drug-likeness (QED) is 0.276. The van der Waals surface area contributed by atoms with E-state index in [1.54, 1.807) is 0 Å². The third-order valence-corrected chi connectivity index (χ3v) is 5.04. The van der Waals surface area contributed by atoms with Crippen LogP contribution in [0, 0.1) is 0 Å². The largest absolute Gasteiger partial charge is 0.291 e. The highest BCUT2D eigenvalue weighted by Crippen LogP contribution is 2.18. The van der Waals surface area contributed by atoms with Crippen LogP contribution in [0.25, 0.3) is 0 Å². The number of hydrazine groups is 1. The number of hydrogen-bond acceptors (Lipinski definition) is 2. The predicted molar refractivity (Wildman–Crippen MR) is 112 cm³/mol. The molecule has 0 aliphatic heterocycles. The van der Waals surface area contributed by atoms with E-state index >= 15 is 0 Å². The summed E-state index contributed by atoms with van der Waals surface area (Å²) in [6, 6.07) is 10.0. The minimum atomic E-state index is -0.0685. The predicted octanol–water partition coefficient (Wildman–Crippen LogP) is 6.11. The highest BCUT2D eigenvalue weighted by molar-refractivity contribution is 5.83. The zero-order chi connectivity index (χ0) is 18.9. The molecule has 1 aromatic rings. The van der Waals surface area contributed by atoms with Gasteiger partial charge in [-0.15, -0.1) is 0 Å². The highest BCUT2D eigenvalue weighted by Gasteiger charge is 2.17. The fourth-order valence-corrected chi connectivity index (χ4v) is 3.37. The van der Waals surface area contributed by atoms with Crippen LogP contribution in [0.3, 0.4) is 0 Å². The van der Waals surface area contributed by atoms with Crippen LogP contribution in [-0.2, 0) is 4.79 Å². The smallest absolute Gasteiger partial charge is 0.241 e. The van der Waals surface area contributed by atoms with Gasteiger partial charge in [0, 0.05) is 6.54 Å². The molecule has 1 aromatic carbocycles. The Morgan fingerprint density at radius 1 is 0.808 bits per heavy atom. The molecule has 0 aliphatic carbocycles. The molecule has 1 amide bonds. The van der Waals surface area contributed by atoms with Gasteiger partial charge < -0.3 is 0 Å². The second kappa shape index (κ2) is 15.9. The Morgan fingerprint density at radius 3 is 1.88 bits per heavy atom. The summed E-state index contributed by atoms with van der Waals surface area (Å²) in [5.41, 5.74) is 7.07. The van der Waals surface area contributed by atoms with Gasteiger partial charge in [-0.1, -0.05) is 108 Å². The summed E-state index contributed by atoms with van der Waals surface area (Å²) >= 11 is 0. The van der Waals surface area contributed by atoms with Crippen molar-refractivity contribution in [2.75, 3.05) is 6.54 Å². The van der Waals surface area contributed by atoms with Crippen LogP contribution in [0.1, 0.15) is 102 Å². The van der Waals surface area contributed by atoms with E-state index in [0.717, 1.165) is 24.9 Å². The summed E-state index contributed by atoms with van der Waals surface area (Å²) in [5.74, 6) is 0.00259. The van der Waals surface area contributed by atoms with Crippen LogP contribution in [0.5, 0.6) is 0 Å². The Kier molecular flexibility index (Phi) is 13.8. The van der Waals surface area contributed by atoms with Gasteiger partial charge in [0.05, 0.1) is 5.92 Å². The zero-order valence-corrected chi connectivity index (χ0v) is 17.1. The third kappa shape index (κ3) is 10.6. The summed E-state index contributed by atoms with van der Waals surface area (Å²) in [7, 11) is 0. The molecule has 0 saturated heterocycles. The summed E-state index contributed by atoms with van der Waals surface area (Å²) in [5, 5.41) is 0. The number of nitrogens with one attached hydrogen (secondary N) is 2. The average molecular weight is 361 g/mol. The summed E-state index contributed by atoms with van der Waals surface area (Å²) in [6.45, 7) is 5.18. The van der Waals surface area contributed by atoms with E-state index in [2.05, 4.69) is 24.7 Å². The van der Waals surface area contributed by atoms with Gasteiger partial charge in [0.2, 0.25) is 5.91 Å². The molecule has 0 heterocycles. The number of carbonyl (C=O) groups is 1. The van der Waals surface area contributed by atoms with Crippen LogP contribution in [0.4, 0.5) is 0 Å². The van der Waals surface area contributed by atoms with Gasteiger partial charge >= 0.3 is 0 Å². The number of amides is 1. The van der Waals surface area contributed by atoms with Crippen LogP contribution in [0.15, 0.2) is 30.3 Å². The molecule has 1 rings (SSSR count). The minimum Gasteiger partial charge on any atom is -0.291 e. The molecule has 0 bridgehead atoms. The molecule has 148 valence electrons. The second-order valence-corrected chi connectivity index (χ2v) is 7.32. The second-order valence-electron chi connectivity index (χ2n) is 7.32. The van der Waals surface area contributed by atoms with Crippen LogP contribution in [-0.4, -0.2) is 12.5 Å². The summed E-state index contributed by atoms with van der Waals surface area (Å²) in [6.07, 6.45) is 15.6. The van der Waals surface area contributed by atoms with Gasteiger partial charge in [-0.2, -0.15) is 0 Å². The first-order valence-electron chi connectivity index (χ1n) is 10.9. The van der Waals surface area contributed by atoms with Crippen LogP contribution >= 0.6 is 0 Å². The molecule has 0 spiro atoms. The van der Waals surface area contributed by atoms with Gasteiger partial charge in [-0.25, -0.2) is 5.43 Å². The van der Waals surface area contributed by atoms with E-state index < -0.39 is 0 Å². The zero-order valence-electron chi connectivity index (χ0n) is 17.1. The molecule has 2 N–H and O–H groups in total. The molecule has 3 heteroatoms. The first-order chi connectivity index (χ1) is 12.8. The van der Waals surface area contributed by atoms with E-state index in [9.17, 15) is 4.79 Å². The topological polar surface area (TPSA) is 41.1 Å². The number of hydrogen-bond donors (Lipinski definition) is 2. The van der Waals surface area contributed by atoms with Gasteiger partial charge in [0.1, 0.15) is 0 Å². The maximum atomic E-state index is 12.3. The molecule has 1 unspecified atom stereocenters. The van der Waals surface area contributed by atoms with Gasteiger partial charge in [-0.3, -0.25) is 10.2 Å². The number of carbonyl (C=O) groups excluding carboxylic acids is 1. The molecule has 0 aliphatic rings. The van der Waals surface area contributed by atoms with Crippen molar-refractivity contribution in [3.8, 4) is 0 Å². The number of unbranched alkanes of at least 4 members (excludes halogenated alkanes) is 10. The Bertz CT molecular complexity index is 447. The van der Waals surface area contributed by atoms with E-state index in [1.165, 1.54) is 64.2 Å². The van der Waals surface area contributed by atoms with Crippen molar-refractivity contribution in [3.63, 3.8) is 0 Å². The lowest BCUT2D eigenvalue weighted by molar-refractivity contribution is -0.123. The van der Waals surface area contributed by atoms with Crippen LogP contribution < -0.4 is 10.9 Å². The minimum absolute atomic E-state index is 0.0685. The van der Waals surface area contributed by atoms with Crippen LogP contribution in [0.2, 0.25) is 0 Å². The Balaban J connectivity index is 1.96. The molecule has 1 atom stereocenters. The summed E-state index contributed by atoms with van der Waals surface area (Å²) in [4.78, 5) is 12.3. The van der Waals surface area contributed by atoms with E-state index in [1.807, 2.05) is 30.3 Å². The van der Waals surface area contributed by atoms with Crippen molar-refractivity contribution >= 4 is 5.91 Å². The summed E-state index contributed by atoms with van der Waals surface area (Å²) < 4.78 is 0. The molecule has 26 heavy (non-hydrogen) atoms. The monoisotopic (exact) mass is 360 g/mol. The van der Waals surface area contributed by atoms with Crippen molar-refractivity contribution in [3.05, 3.63) is 35.9 Å². The maximum absolute atomic E-state index is 12.3. The maximum Gasteiger partial charge on any atom is 0.241 e. The van der Waals surface area contributed by atoms with Gasteiger partial charge in [-0.05, 0) is 18.4 Å². The fourth-order valence-electron chi connectivity index (χ4n) is 3.37. The first-order valence-corrected chi connectivity index (χ1v) is 10.9. The molecule has 0 fully saturated rings. The fraction of sp³-hybridized carbons (Fsp3) is 0.696. The molecular formula is C23H40N2O. The Morgan fingerprint density at radius 2 is 1.35 bits per heavy atom. The molecule has 0 saturated carbocycles. The molecule has 3 nitrogen and oxygen atoms in total. The normalized spacial score (nSPS) is 12.1. The third-order valence-electron chi connectivity index (χ3n) is 5.04. The molecular weight excluding hydrogens is 320 g/mol. The Hall–Kier alpha value is -1.35. The average Bonchev–Trinajstić information content (AvgIpc) is 2.67. The molecule has 0 radical (unpaired) electrons. The van der Waals surface area contributed by atoms with Gasteiger partial charge in [0.25, 0.3) is 0 Å².